The molecule has 2 rings (SSSR count). The van der Waals surface area contributed by atoms with Gasteiger partial charge in [-0.3, -0.25) is 4.79 Å². The Morgan fingerprint density at radius 3 is 1.89 bits per heavy atom. The molecule has 0 atom stereocenters. The Bertz CT molecular complexity index is 529. The van der Waals surface area contributed by atoms with Crippen LogP contribution in [0.5, 0.6) is 11.5 Å². The lowest BCUT2D eigenvalue weighted by atomic mass is 10.1. The van der Waals surface area contributed by atoms with Gasteiger partial charge in [-0.05, 0) is 61.7 Å². The maximum Gasteiger partial charge on any atom is 0.159 e. The van der Waals surface area contributed by atoms with Gasteiger partial charge in [0.25, 0.3) is 0 Å². The Morgan fingerprint density at radius 1 is 0.944 bits per heavy atom. The van der Waals surface area contributed by atoms with Crippen molar-refractivity contribution in [2.45, 2.75) is 11.8 Å². The normalized spacial score (nSPS) is 10.1. The van der Waals surface area contributed by atoms with Gasteiger partial charge in [-0.25, -0.2) is 0 Å². The average Bonchev–Trinajstić information content (AvgIpc) is 2.40. The number of carbonyl (C=O) groups is 1. The van der Waals surface area contributed by atoms with E-state index in [9.17, 15) is 4.79 Å². The lowest BCUT2D eigenvalue weighted by molar-refractivity contribution is 0.101. The number of hydrogen-bond acceptors (Lipinski definition) is 3. The van der Waals surface area contributed by atoms with Crippen LogP contribution in [0.15, 0.2) is 53.4 Å². The van der Waals surface area contributed by atoms with E-state index in [0.29, 0.717) is 5.56 Å². The number of benzene rings is 2. The monoisotopic (exact) mass is 258 g/mol. The second-order valence-electron chi connectivity index (χ2n) is 3.86. The summed E-state index contributed by atoms with van der Waals surface area (Å²) < 4.78 is 5.69. The van der Waals surface area contributed by atoms with Gasteiger partial charge < -0.3 is 4.74 Å². The van der Waals surface area contributed by atoms with Gasteiger partial charge in [-0.1, -0.05) is 0 Å². The molecule has 0 amide bonds. The number of carbonyl (C=O) groups excluding carboxylic acids is 1. The van der Waals surface area contributed by atoms with Crippen LogP contribution in [0, 0.1) is 0 Å². The molecule has 0 aliphatic rings. The SMILES string of the molecule is CSc1ccc(Oc2ccc(C(C)=O)cc2)cc1. The Morgan fingerprint density at radius 2 is 1.44 bits per heavy atom. The highest BCUT2D eigenvalue weighted by atomic mass is 32.2. The standard InChI is InChI=1S/C15H14O2S/c1-11(16)12-3-5-13(6-4-12)17-14-7-9-15(18-2)10-8-14/h3-10H,1-2H3. The van der Waals surface area contributed by atoms with Crippen molar-refractivity contribution in [1.82, 2.24) is 0 Å². The zero-order valence-corrected chi connectivity index (χ0v) is 11.2. The Hall–Kier alpha value is -1.74. The maximum absolute atomic E-state index is 11.1. The fraction of sp³-hybridized carbons (Fsp3) is 0.133. The summed E-state index contributed by atoms with van der Waals surface area (Å²) in [5, 5.41) is 0. The molecule has 0 N–H and O–H groups in total. The molecule has 0 spiro atoms. The van der Waals surface area contributed by atoms with Crippen molar-refractivity contribution in [3.63, 3.8) is 0 Å². The quantitative estimate of drug-likeness (QED) is 0.600. The highest BCUT2D eigenvalue weighted by molar-refractivity contribution is 7.98. The number of ether oxygens (including phenoxy) is 1. The molecule has 2 aromatic rings. The van der Waals surface area contributed by atoms with Crippen LogP contribution in [-0.2, 0) is 0 Å². The summed E-state index contributed by atoms with van der Waals surface area (Å²) in [4.78, 5) is 12.3. The molecule has 0 fully saturated rings. The molecule has 18 heavy (non-hydrogen) atoms. The number of rotatable bonds is 4. The molecule has 0 aromatic heterocycles. The first-order valence-electron chi connectivity index (χ1n) is 5.62. The van der Waals surface area contributed by atoms with Gasteiger partial charge in [0.2, 0.25) is 0 Å². The zero-order chi connectivity index (χ0) is 13.0. The highest BCUT2D eigenvalue weighted by Crippen LogP contribution is 2.24. The number of thioether (sulfide) groups is 1. The second-order valence-corrected chi connectivity index (χ2v) is 4.74. The van der Waals surface area contributed by atoms with Crippen LogP contribution in [-0.4, -0.2) is 12.0 Å². The maximum atomic E-state index is 11.1. The first-order chi connectivity index (χ1) is 8.69. The van der Waals surface area contributed by atoms with E-state index < -0.39 is 0 Å². The minimum Gasteiger partial charge on any atom is -0.457 e. The average molecular weight is 258 g/mol. The van der Waals surface area contributed by atoms with Gasteiger partial charge in [0.1, 0.15) is 11.5 Å². The van der Waals surface area contributed by atoms with Gasteiger partial charge in [-0.2, -0.15) is 0 Å². The van der Waals surface area contributed by atoms with Crippen LogP contribution < -0.4 is 4.74 Å². The predicted molar refractivity (Wildman–Crippen MR) is 74.7 cm³/mol. The van der Waals surface area contributed by atoms with E-state index in [-0.39, 0.29) is 5.78 Å². The molecular formula is C15H14O2S. The summed E-state index contributed by atoms with van der Waals surface area (Å²) in [5.74, 6) is 1.59. The third-order valence-corrected chi connectivity index (χ3v) is 3.30. The van der Waals surface area contributed by atoms with Crippen molar-refractivity contribution >= 4 is 17.5 Å². The topological polar surface area (TPSA) is 26.3 Å². The van der Waals surface area contributed by atoms with E-state index in [0.717, 1.165) is 11.5 Å². The molecule has 0 bridgehead atoms. The fourth-order valence-corrected chi connectivity index (χ4v) is 1.95. The molecule has 0 saturated heterocycles. The minimum absolute atomic E-state index is 0.0610. The summed E-state index contributed by atoms with van der Waals surface area (Å²) in [6, 6.07) is 15.1. The van der Waals surface area contributed by atoms with Crippen molar-refractivity contribution in [1.29, 1.82) is 0 Å². The van der Waals surface area contributed by atoms with Crippen molar-refractivity contribution in [3.05, 3.63) is 54.1 Å². The fourth-order valence-electron chi connectivity index (χ4n) is 1.54. The van der Waals surface area contributed by atoms with Crippen LogP contribution >= 0.6 is 11.8 Å². The molecular weight excluding hydrogens is 244 g/mol. The van der Waals surface area contributed by atoms with E-state index in [1.54, 1.807) is 43.0 Å². The van der Waals surface area contributed by atoms with Crippen LogP contribution in [0.4, 0.5) is 0 Å². The van der Waals surface area contributed by atoms with Crippen LogP contribution in [0.1, 0.15) is 17.3 Å². The predicted octanol–water partition coefficient (Wildman–Crippen LogP) is 4.40. The molecule has 0 heterocycles. The van der Waals surface area contributed by atoms with Crippen LogP contribution in [0.3, 0.4) is 0 Å². The first kappa shape index (κ1) is 12.7. The number of hydrogen-bond donors (Lipinski definition) is 0. The van der Waals surface area contributed by atoms with Gasteiger partial charge >= 0.3 is 0 Å². The summed E-state index contributed by atoms with van der Waals surface area (Å²) in [7, 11) is 0. The summed E-state index contributed by atoms with van der Waals surface area (Å²) >= 11 is 1.70. The third-order valence-electron chi connectivity index (χ3n) is 2.56. The lowest BCUT2D eigenvalue weighted by Gasteiger charge is -2.06. The molecule has 2 nitrogen and oxygen atoms in total. The largest absolute Gasteiger partial charge is 0.457 e. The highest BCUT2D eigenvalue weighted by Gasteiger charge is 2.01. The van der Waals surface area contributed by atoms with E-state index in [1.165, 1.54) is 4.90 Å². The smallest absolute Gasteiger partial charge is 0.159 e. The van der Waals surface area contributed by atoms with Gasteiger partial charge in [-0.15, -0.1) is 11.8 Å². The van der Waals surface area contributed by atoms with Gasteiger partial charge in [0.05, 0.1) is 0 Å². The molecule has 0 saturated carbocycles. The number of Topliss-reactive ketones (excluding diaryl/α,β-unsaturated/α-hetero) is 1. The number of ketones is 1. The first-order valence-corrected chi connectivity index (χ1v) is 6.84. The molecule has 92 valence electrons. The van der Waals surface area contributed by atoms with Crippen LogP contribution in [0.2, 0.25) is 0 Å². The third kappa shape index (κ3) is 3.14. The van der Waals surface area contributed by atoms with Crippen molar-refractivity contribution in [2.75, 3.05) is 6.26 Å². The zero-order valence-electron chi connectivity index (χ0n) is 10.3. The Kier molecular flexibility index (Phi) is 4.05. The van der Waals surface area contributed by atoms with E-state index >= 15 is 0 Å². The second kappa shape index (κ2) is 5.74. The Balaban J connectivity index is 2.10. The van der Waals surface area contributed by atoms with Crippen LogP contribution in [0.25, 0.3) is 0 Å². The van der Waals surface area contributed by atoms with Crippen molar-refractivity contribution < 1.29 is 9.53 Å². The molecule has 0 radical (unpaired) electrons. The van der Waals surface area contributed by atoms with Crippen molar-refractivity contribution in [3.8, 4) is 11.5 Å². The molecule has 3 heteroatoms. The van der Waals surface area contributed by atoms with Gasteiger partial charge in [0.15, 0.2) is 5.78 Å². The summed E-state index contributed by atoms with van der Waals surface area (Å²) in [5.41, 5.74) is 0.695. The van der Waals surface area contributed by atoms with E-state index in [4.69, 9.17) is 4.74 Å². The summed E-state index contributed by atoms with van der Waals surface area (Å²) in [6.07, 6.45) is 2.04. The molecule has 0 unspecified atom stereocenters. The molecule has 0 aliphatic heterocycles. The Labute approximate surface area is 111 Å². The summed E-state index contributed by atoms with van der Waals surface area (Å²) in [6.45, 7) is 1.55. The lowest BCUT2D eigenvalue weighted by Crippen LogP contribution is -1.91. The van der Waals surface area contributed by atoms with E-state index in [2.05, 4.69) is 0 Å². The minimum atomic E-state index is 0.0610. The molecule has 0 aliphatic carbocycles. The van der Waals surface area contributed by atoms with Gasteiger partial charge in [0, 0.05) is 10.5 Å². The van der Waals surface area contributed by atoms with Crippen molar-refractivity contribution in [2.24, 2.45) is 0 Å². The van der Waals surface area contributed by atoms with E-state index in [1.807, 2.05) is 30.5 Å². The molecule has 2 aromatic carbocycles.